The van der Waals surface area contributed by atoms with Gasteiger partial charge in [0.15, 0.2) is 0 Å². The summed E-state index contributed by atoms with van der Waals surface area (Å²) in [7, 11) is 1.62. The van der Waals surface area contributed by atoms with Gasteiger partial charge in [0.2, 0.25) is 5.88 Å². The van der Waals surface area contributed by atoms with E-state index in [2.05, 4.69) is 9.97 Å². The molecule has 0 spiro atoms. The van der Waals surface area contributed by atoms with Crippen molar-refractivity contribution >= 4 is 16.9 Å². The van der Waals surface area contributed by atoms with E-state index >= 15 is 0 Å². The van der Waals surface area contributed by atoms with E-state index < -0.39 is 5.60 Å². The highest BCUT2D eigenvalue weighted by Crippen LogP contribution is 2.27. The van der Waals surface area contributed by atoms with Crippen LogP contribution in [0.4, 0.5) is 0 Å². The lowest BCUT2D eigenvalue weighted by molar-refractivity contribution is -0.157. The third-order valence-corrected chi connectivity index (χ3v) is 4.83. The summed E-state index contributed by atoms with van der Waals surface area (Å²) >= 11 is 0. The van der Waals surface area contributed by atoms with Gasteiger partial charge in [0.25, 0.3) is 0 Å². The average Bonchev–Trinajstić information content (AvgIpc) is 2.65. The number of hydrogen-bond acceptors (Lipinski definition) is 8. The van der Waals surface area contributed by atoms with Crippen LogP contribution in [0.2, 0.25) is 0 Å². The fraction of sp³-hybridized carbons (Fsp3) is 0.571. The van der Waals surface area contributed by atoms with Crippen molar-refractivity contribution in [3.05, 3.63) is 24.5 Å². The number of benzene rings is 1. The summed E-state index contributed by atoms with van der Waals surface area (Å²) in [5, 5.41) is 0.790. The maximum atomic E-state index is 12.3. The fourth-order valence-corrected chi connectivity index (χ4v) is 3.48. The van der Waals surface area contributed by atoms with Gasteiger partial charge in [-0.1, -0.05) is 0 Å². The van der Waals surface area contributed by atoms with Crippen LogP contribution in [0.3, 0.4) is 0 Å². The van der Waals surface area contributed by atoms with Gasteiger partial charge in [0.1, 0.15) is 24.3 Å². The predicted octanol–water partition coefficient (Wildman–Crippen LogP) is 2.15. The lowest BCUT2D eigenvalue weighted by atomic mass is 9.99. The topological polar surface area (TPSA) is 99.8 Å². The van der Waals surface area contributed by atoms with Crippen molar-refractivity contribution in [1.29, 1.82) is 0 Å². The molecular formula is C21H30N4O4. The Kier molecular flexibility index (Phi) is 6.54. The molecule has 1 aromatic heterocycles. The number of esters is 1. The first kappa shape index (κ1) is 21.3. The molecule has 1 aliphatic rings. The van der Waals surface area contributed by atoms with Crippen molar-refractivity contribution < 1.29 is 19.0 Å². The average molecular weight is 402 g/mol. The molecule has 2 aromatic rings. The highest BCUT2D eigenvalue weighted by atomic mass is 16.6. The highest BCUT2D eigenvalue weighted by molar-refractivity contribution is 5.84. The number of carbonyl (C=O) groups excluding carboxylic acids is 1. The van der Waals surface area contributed by atoms with Crippen LogP contribution >= 0.6 is 0 Å². The Labute approximate surface area is 171 Å². The first-order chi connectivity index (χ1) is 13.7. The quantitative estimate of drug-likeness (QED) is 0.734. The second-order valence-electron chi connectivity index (χ2n) is 8.38. The van der Waals surface area contributed by atoms with Crippen molar-refractivity contribution in [2.45, 2.75) is 51.3 Å². The first-order valence-electron chi connectivity index (χ1n) is 9.88. The lowest BCUT2D eigenvalue weighted by Gasteiger charge is -2.38. The van der Waals surface area contributed by atoms with Crippen LogP contribution < -0.4 is 15.2 Å². The maximum Gasteiger partial charge on any atom is 0.320 e. The highest BCUT2D eigenvalue weighted by Gasteiger charge is 2.30. The normalized spacial score (nSPS) is 20.4. The monoisotopic (exact) mass is 402 g/mol. The molecule has 0 radical (unpaired) electrons. The smallest absolute Gasteiger partial charge is 0.320 e. The summed E-state index contributed by atoms with van der Waals surface area (Å²) in [6.45, 7) is 6.81. The minimum atomic E-state index is -0.514. The van der Waals surface area contributed by atoms with Gasteiger partial charge in [0.05, 0.1) is 24.6 Å². The third-order valence-electron chi connectivity index (χ3n) is 4.83. The predicted molar refractivity (Wildman–Crippen MR) is 110 cm³/mol. The van der Waals surface area contributed by atoms with Crippen molar-refractivity contribution in [2.24, 2.45) is 5.73 Å². The van der Waals surface area contributed by atoms with E-state index in [1.54, 1.807) is 7.11 Å². The molecular weight excluding hydrogens is 372 g/mol. The largest absolute Gasteiger partial charge is 0.497 e. The molecule has 2 heterocycles. The van der Waals surface area contributed by atoms with E-state index in [1.165, 1.54) is 6.33 Å². The van der Waals surface area contributed by atoms with Gasteiger partial charge in [0, 0.05) is 18.6 Å². The third kappa shape index (κ3) is 5.77. The van der Waals surface area contributed by atoms with Crippen LogP contribution in [0.1, 0.15) is 33.6 Å². The number of piperidine rings is 1. The molecule has 0 aliphatic carbocycles. The molecule has 2 atom stereocenters. The number of ether oxygens (including phenoxy) is 3. The van der Waals surface area contributed by atoms with Gasteiger partial charge in [-0.3, -0.25) is 9.69 Å². The molecule has 158 valence electrons. The summed E-state index contributed by atoms with van der Waals surface area (Å²) in [5.74, 6) is 0.960. The summed E-state index contributed by atoms with van der Waals surface area (Å²) in [6.07, 6.45) is 3.22. The molecule has 1 aliphatic heterocycles. The Morgan fingerprint density at radius 2 is 2.07 bits per heavy atom. The molecule has 3 rings (SSSR count). The number of rotatable bonds is 6. The Balaban J connectivity index is 1.70. The standard InChI is InChI=1S/C21H30N4O4/c1-21(2,3)29-19(26)11-25-10-14(22)5-6-15(25)12-28-20-17-9-16(27-4)7-8-18(17)23-13-24-20/h7-9,13-15H,5-6,10-12,22H2,1-4H3/t14-,15+/m0/s1. The van der Waals surface area contributed by atoms with E-state index in [9.17, 15) is 4.79 Å². The summed E-state index contributed by atoms with van der Waals surface area (Å²) in [5.41, 5.74) is 6.41. The number of aromatic nitrogens is 2. The first-order valence-corrected chi connectivity index (χ1v) is 9.88. The summed E-state index contributed by atoms with van der Waals surface area (Å²) in [4.78, 5) is 22.9. The zero-order chi connectivity index (χ0) is 21.0. The van der Waals surface area contributed by atoms with E-state index in [-0.39, 0.29) is 24.6 Å². The lowest BCUT2D eigenvalue weighted by Crippen LogP contribution is -2.53. The van der Waals surface area contributed by atoms with E-state index in [0.29, 0.717) is 24.8 Å². The van der Waals surface area contributed by atoms with Gasteiger partial charge in [-0.05, 0) is 51.8 Å². The van der Waals surface area contributed by atoms with Crippen molar-refractivity contribution in [2.75, 3.05) is 26.8 Å². The van der Waals surface area contributed by atoms with E-state index in [4.69, 9.17) is 19.9 Å². The summed E-state index contributed by atoms with van der Waals surface area (Å²) < 4.78 is 16.8. The van der Waals surface area contributed by atoms with Gasteiger partial charge in [-0.15, -0.1) is 0 Å². The zero-order valence-corrected chi connectivity index (χ0v) is 17.6. The second kappa shape index (κ2) is 8.92. The van der Waals surface area contributed by atoms with Gasteiger partial charge in [-0.2, -0.15) is 0 Å². The zero-order valence-electron chi connectivity index (χ0n) is 17.6. The van der Waals surface area contributed by atoms with Crippen molar-refractivity contribution in [3.63, 3.8) is 0 Å². The molecule has 1 aromatic carbocycles. The van der Waals surface area contributed by atoms with Gasteiger partial charge in [-0.25, -0.2) is 9.97 Å². The molecule has 1 fully saturated rings. The van der Waals surface area contributed by atoms with Crippen LogP contribution in [-0.2, 0) is 9.53 Å². The molecule has 0 unspecified atom stereocenters. The van der Waals surface area contributed by atoms with Crippen LogP contribution in [0, 0.1) is 0 Å². The number of fused-ring (bicyclic) bond motifs is 1. The molecule has 1 saturated heterocycles. The molecule has 8 nitrogen and oxygen atoms in total. The Morgan fingerprint density at radius 3 is 2.79 bits per heavy atom. The number of likely N-dealkylation sites (tertiary alicyclic amines) is 1. The molecule has 29 heavy (non-hydrogen) atoms. The number of nitrogens with two attached hydrogens (primary N) is 1. The summed E-state index contributed by atoms with van der Waals surface area (Å²) in [6, 6.07) is 5.68. The molecule has 2 N–H and O–H groups in total. The van der Waals surface area contributed by atoms with Crippen LogP contribution in [0.25, 0.3) is 10.9 Å². The number of carbonyl (C=O) groups is 1. The molecule has 0 bridgehead atoms. The van der Waals surface area contributed by atoms with Crippen molar-refractivity contribution in [1.82, 2.24) is 14.9 Å². The minimum Gasteiger partial charge on any atom is -0.497 e. The maximum absolute atomic E-state index is 12.3. The molecule has 0 amide bonds. The Hall–Kier alpha value is -2.45. The SMILES string of the molecule is COc1ccc2ncnc(OC[C@H]3CC[C@H](N)CN3CC(=O)OC(C)(C)C)c2c1. The van der Waals surface area contributed by atoms with Gasteiger partial charge >= 0.3 is 5.97 Å². The van der Waals surface area contributed by atoms with E-state index in [1.807, 2.05) is 43.9 Å². The number of hydrogen-bond donors (Lipinski definition) is 1. The Morgan fingerprint density at radius 1 is 1.28 bits per heavy atom. The fourth-order valence-electron chi connectivity index (χ4n) is 3.48. The van der Waals surface area contributed by atoms with Crippen molar-refractivity contribution in [3.8, 4) is 11.6 Å². The number of nitrogens with zero attached hydrogens (tertiary/aromatic N) is 3. The Bertz CT molecular complexity index is 852. The van der Waals surface area contributed by atoms with Crippen LogP contribution in [0.15, 0.2) is 24.5 Å². The number of methoxy groups -OCH3 is 1. The minimum absolute atomic E-state index is 0.0397. The van der Waals surface area contributed by atoms with Crippen LogP contribution in [-0.4, -0.2) is 65.3 Å². The van der Waals surface area contributed by atoms with Crippen LogP contribution in [0.5, 0.6) is 11.6 Å². The molecule has 8 heteroatoms. The van der Waals surface area contributed by atoms with Gasteiger partial charge < -0.3 is 19.9 Å². The molecule has 0 saturated carbocycles. The van der Waals surface area contributed by atoms with E-state index in [0.717, 1.165) is 23.7 Å². The second-order valence-corrected chi connectivity index (χ2v) is 8.38.